The van der Waals surface area contributed by atoms with Crippen molar-refractivity contribution in [2.75, 3.05) is 86.0 Å². The fourth-order valence-electron chi connectivity index (χ4n) is 8.07. The molecule has 3 heterocycles. The van der Waals surface area contributed by atoms with E-state index in [1.54, 1.807) is 27.9 Å². The van der Waals surface area contributed by atoms with Gasteiger partial charge in [0, 0.05) is 74.6 Å². The van der Waals surface area contributed by atoms with Crippen molar-refractivity contribution in [3.8, 4) is 17.2 Å². The minimum atomic E-state index is -4.49. The number of halogens is 3. The van der Waals surface area contributed by atoms with Gasteiger partial charge in [-0.05, 0) is 120 Å². The SMILES string of the molecule is C.CC(C)CCc1c(OCC2=NCCC2)cccc1N(C)S(C)(=O)=O.CC(C)Cc1c(OCC2=NCCC2)cccc1N(C)S(=O)(=O)C(C)C.CN(c1cccc(OCC2=NCCC2)c1CC(F)(F)F)S(C)(=O)=O. The van der Waals surface area contributed by atoms with Crippen molar-refractivity contribution in [2.45, 2.75) is 125 Å². The first-order chi connectivity index (χ1) is 34.1. The molecular weight excluding hydrogens is 1020 g/mol. The maximum Gasteiger partial charge on any atom is 0.393 e. The first-order valence-corrected chi connectivity index (χ1v) is 30.0. The third kappa shape index (κ3) is 19.4. The Morgan fingerprint density at radius 1 is 0.554 bits per heavy atom. The smallest absolute Gasteiger partial charge is 0.393 e. The summed E-state index contributed by atoms with van der Waals surface area (Å²) in [6.45, 7) is 15.5. The van der Waals surface area contributed by atoms with Gasteiger partial charge < -0.3 is 14.2 Å². The quantitative estimate of drug-likeness (QED) is 0.0947. The Kier molecular flexibility index (Phi) is 24.2. The molecule has 74 heavy (non-hydrogen) atoms. The number of aliphatic imine (C=N–C) groups is 3. The number of benzene rings is 3. The lowest BCUT2D eigenvalue weighted by Crippen LogP contribution is -2.33. The van der Waals surface area contributed by atoms with Crippen molar-refractivity contribution in [2.24, 2.45) is 26.8 Å². The van der Waals surface area contributed by atoms with E-state index in [-0.39, 0.29) is 31.0 Å². The minimum absolute atomic E-state index is 0. The van der Waals surface area contributed by atoms with Crippen LogP contribution in [0.1, 0.15) is 111 Å². The van der Waals surface area contributed by atoms with E-state index in [1.807, 2.05) is 36.4 Å². The zero-order valence-corrected chi connectivity index (χ0v) is 46.9. The second kappa shape index (κ2) is 28.3. The molecule has 3 aliphatic rings. The zero-order valence-electron chi connectivity index (χ0n) is 44.5. The Balaban J connectivity index is 0.000000291. The molecule has 6 rings (SSSR count). The molecule has 0 atom stereocenters. The predicted octanol–water partition coefficient (Wildman–Crippen LogP) is 10.4. The Labute approximate surface area is 440 Å². The first-order valence-electron chi connectivity index (χ1n) is 24.8. The number of alkyl halides is 3. The molecule has 3 aliphatic heterocycles. The van der Waals surface area contributed by atoms with Gasteiger partial charge in [-0.3, -0.25) is 27.9 Å². The van der Waals surface area contributed by atoms with Crippen molar-refractivity contribution >= 4 is 64.3 Å². The molecule has 0 saturated heterocycles. The number of nitrogens with zero attached hydrogens (tertiary/aromatic N) is 6. The van der Waals surface area contributed by atoms with Gasteiger partial charge in [0.2, 0.25) is 30.1 Å². The Morgan fingerprint density at radius 3 is 1.24 bits per heavy atom. The van der Waals surface area contributed by atoms with Crippen molar-refractivity contribution < 1.29 is 52.6 Å². The van der Waals surface area contributed by atoms with Crippen LogP contribution in [0.5, 0.6) is 17.2 Å². The fraction of sp³-hybridized carbons (Fsp3) is 0.604. The lowest BCUT2D eigenvalue weighted by molar-refractivity contribution is -0.127. The number of anilines is 3. The Morgan fingerprint density at radius 2 is 0.919 bits per heavy atom. The molecule has 416 valence electrons. The number of hydrogen-bond acceptors (Lipinski definition) is 12. The third-order valence-corrected chi connectivity index (χ3v) is 16.9. The van der Waals surface area contributed by atoms with Gasteiger partial charge in [-0.25, -0.2) is 25.3 Å². The second-order valence-electron chi connectivity index (χ2n) is 19.6. The normalized spacial score (nSPS) is 14.8. The van der Waals surface area contributed by atoms with Gasteiger partial charge in [-0.1, -0.05) is 53.3 Å². The van der Waals surface area contributed by atoms with E-state index in [0.29, 0.717) is 43.0 Å². The highest BCUT2D eigenvalue weighted by Gasteiger charge is 2.33. The van der Waals surface area contributed by atoms with Gasteiger partial charge in [0.25, 0.3) is 0 Å². The van der Waals surface area contributed by atoms with Crippen LogP contribution < -0.4 is 27.1 Å². The van der Waals surface area contributed by atoms with Gasteiger partial charge in [0.15, 0.2) is 0 Å². The maximum absolute atomic E-state index is 13.0. The van der Waals surface area contributed by atoms with Crippen molar-refractivity contribution in [1.29, 1.82) is 0 Å². The molecule has 0 spiro atoms. The molecule has 0 amide bonds. The minimum Gasteiger partial charge on any atom is -0.487 e. The van der Waals surface area contributed by atoms with Crippen LogP contribution in [-0.2, 0) is 49.3 Å². The highest BCUT2D eigenvalue weighted by Crippen LogP contribution is 2.37. The van der Waals surface area contributed by atoms with Crippen LogP contribution in [0, 0.1) is 11.8 Å². The summed E-state index contributed by atoms with van der Waals surface area (Å²) >= 11 is 0. The van der Waals surface area contributed by atoms with Gasteiger partial charge in [0.1, 0.15) is 37.1 Å². The van der Waals surface area contributed by atoms with E-state index >= 15 is 0 Å². The summed E-state index contributed by atoms with van der Waals surface area (Å²) in [5.41, 5.74) is 6.04. The average Bonchev–Trinajstić information content (AvgIpc) is 4.14. The zero-order chi connectivity index (χ0) is 54.3. The van der Waals surface area contributed by atoms with E-state index < -0.39 is 47.9 Å². The topological polar surface area (TPSA) is 177 Å². The molecule has 0 N–H and O–H groups in total. The van der Waals surface area contributed by atoms with Crippen LogP contribution in [0.3, 0.4) is 0 Å². The highest BCUT2D eigenvalue weighted by molar-refractivity contribution is 7.93. The molecule has 15 nitrogen and oxygen atoms in total. The van der Waals surface area contributed by atoms with Crippen LogP contribution in [0.2, 0.25) is 0 Å². The van der Waals surface area contributed by atoms with Crippen LogP contribution in [0.4, 0.5) is 30.2 Å². The fourth-order valence-corrected chi connectivity index (χ4v) is 10.2. The molecule has 0 unspecified atom stereocenters. The van der Waals surface area contributed by atoms with Gasteiger partial charge in [-0.2, -0.15) is 13.2 Å². The second-order valence-corrected chi connectivity index (χ2v) is 26.2. The van der Waals surface area contributed by atoms with Crippen LogP contribution in [0.15, 0.2) is 69.6 Å². The van der Waals surface area contributed by atoms with Crippen molar-refractivity contribution in [3.05, 3.63) is 71.3 Å². The van der Waals surface area contributed by atoms with E-state index in [9.17, 15) is 38.4 Å². The highest BCUT2D eigenvalue weighted by atomic mass is 32.2. The number of sulfonamides is 3. The molecule has 0 radical (unpaired) electrons. The summed E-state index contributed by atoms with van der Waals surface area (Å²) in [7, 11) is -5.95. The summed E-state index contributed by atoms with van der Waals surface area (Å²) in [6.07, 6.45) is 4.75. The molecule has 3 aromatic carbocycles. The summed E-state index contributed by atoms with van der Waals surface area (Å²) in [6, 6.07) is 15.5. The van der Waals surface area contributed by atoms with E-state index in [0.717, 1.165) is 121 Å². The Bertz CT molecular complexity index is 2750. The average molecular weight is 1100 g/mol. The van der Waals surface area contributed by atoms with Crippen molar-refractivity contribution in [3.63, 3.8) is 0 Å². The number of ether oxygens (including phenoxy) is 3. The third-order valence-electron chi connectivity index (χ3n) is 12.3. The van der Waals surface area contributed by atoms with Gasteiger partial charge >= 0.3 is 6.18 Å². The largest absolute Gasteiger partial charge is 0.487 e. The number of hydrogen-bond donors (Lipinski definition) is 0. The van der Waals surface area contributed by atoms with E-state index in [4.69, 9.17) is 14.2 Å². The molecule has 0 aromatic heterocycles. The molecule has 0 aliphatic carbocycles. The van der Waals surface area contributed by atoms with Gasteiger partial charge in [0.05, 0.1) is 41.2 Å². The lowest BCUT2D eigenvalue weighted by Gasteiger charge is -2.26. The molecule has 0 fully saturated rings. The molecule has 0 saturated carbocycles. The summed E-state index contributed by atoms with van der Waals surface area (Å²) in [5, 5.41) is -0.471. The van der Waals surface area contributed by atoms with Crippen LogP contribution in [0.25, 0.3) is 0 Å². The van der Waals surface area contributed by atoms with E-state index in [2.05, 4.69) is 42.7 Å². The molecule has 21 heteroatoms. The molecular formula is C53H81F3N6O9S3. The van der Waals surface area contributed by atoms with Crippen LogP contribution in [-0.4, -0.2) is 127 Å². The predicted molar refractivity (Wildman–Crippen MR) is 298 cm³/mol. The van der Waals surface area contributed by atoms with Crippen molar-refractivity contribution in [1.82, 2.24) is 0 Å². The summed E-state index contributed by atoms with van der Waals surface area (Å²) < 4.78 is 133. The van der Waals surface area contributed by atoms with Crippen LogP contribution >= 0.6 is 0 Å². The molecule has 3 aromatic rings. The first kappa shape index (κ1) is 63.4. The summed E-state index contributed by atoms with van der Waals surface area (Å²) in [5.74, 6) is 2.47. The lowest BCUT2D eigenvalue weighted by atomic mass is 10.00. The molecule has 0 bridgehead atoms. The van der Waals surface area contributed by atoms with E-state index in [1.165, 1.54) is 40.1 Å². The summed E-state index contributed by atoms with van der Waals surface area (Å²) in [4.78, 5) is 13.1. The van der Waals surface area contributed by atoms with Gasteiger partial charge in [-0.15, -0.1) is 0 Å². The Hall–Kier alpha value is -4.89. The number of rotatable bonds is 22. The standard InChI is InChI=1S/C19H30N2O3S.C18H28N2O3S.C15H19F3N2O3S.CH4/c1-14(2)12-17-18(21(5)25(22,23)15(3)4)9-6-10-19(17)24-13-16-8-7-11-20-16;1-14(2)10-11-16-17(20(3)24(4,21)22)8-5-9-18(16)23-13-15-7-6-12-19-15;1-20(24(2,21)22)13-6-3-7-14(12(13)9-15(16,17)18)23-10-11-5-4-8-19-11;/h6,9-10,14-15H,7-8,11-13H2,1-5H3;5,8-9,14H,6-7,10-13H2,1-4H3;3,6-7H,4-5,8-10H2,1-2H3;1H4. The maximum atomic E-state index is 13.0. The monoisotopic (exact) mass is 1100 g/mol.